The van der Waals surface area contributed by atoms with Crippen LogP contribution in [0.2, 0.25) is 0 Å². The van der Waals surface area contributed by atoms with E-state index in [9.17, 15) is 4.39 Å². The van der Waals surface area contributed by atoms with Crippen molar-refractivity contribution in [3.05, 3.63) is 29.6 Å². The van der Waals surface area contributed by atoms with Gasteiger partial charge in [0, 0.05) is 0 Å². The Morgan fingerprint density at radius 1 is 1.50 bits per heavy atom. The highest BCUT2D eigenvalue weighted by Gasteiger charge is 2.10. The summed E-state index contributed by atoms with van der Waals surface area (Å²) in [6, 6.07) is 3.96. The Hall–Kier alpha value is -1.78. The number of oxime groups is 1. The number of nitrogens with zero attached hydrogens (tertiary/aromatic N) is 1. The van der Waals surface area contributed by atoms with Gasteiger partial charge in [0.1, 0.15) is 11.6 Å². The summed E-state index contributed by atoms with van der Waals surface area (Å²) in [6.45, 7) is 4.80. The molecule has 0 bridgehead atoms. The average Bonchev–Trinajstić information content (AvgIpc) is 2.34. The molecule has 0 radical (unpaired) electrons. The fraction of sp³-hybridized carbons (Fsp3) is 0.462. The van der Waals surface area contributed by atoms with Crippen molar-refractivity contribution in [1.82, 2.24) is 0 Å². The fourth-order valence-electron chi connectivity index (χ4n) is 1.56. The molecule has 0 unspecified atom stereocenters. The molecular formula is C13H19FN2O2. The van der Waals surface area contributed by atoms with Crippen LogP contribution in [0.3, 0.4) is 0 Å². The second-order valence-corrected chi connectivity index (χ2v) is 4.51. The second-order valence-electron chi connectivity index (χ2n) is 4.51. The summed E-state index contributed by atoms with van der Waals surface area (Å²) >= 11 is 0. The number of hydrogen-bond acceptors (Lipinski definition) is 3. The van der Waals surface area contributed by atoms with Crippen molar-refractivity contribution in [3.63, 3.8) is 0 Å². The lowest BCUT2D eigenvalue weighted by atomic mass is 10.1. The third-order valence-corrected chi connectivity index (χ3v) is 2.51. The summed E-state index contributed by atoms with van der Waals surface area (Å²) in [5, 5.41) is 11.5. The van der Waals surface area contributed by atoms with Crippen molar-refractivity contribution < 1.29 is 14.3 Å². The SMILES string of the molecule is CC(C)CCCOc1ccc(F)cc1C(N)=NO. The molecular weight excluding hydrogens is 235 g/mol. The lowest BCUT2D eigenvalue weighted by Crippen LogP contribution is -2.15. The summed E-state index contributed by atoms with van der Waals surface area (Å²) in [5.41, 5.74) is 5.74. The van der Waals surface area contributed by atoms with Gasteiger partial charge in [-0.1, -0.05) is 19.0 Å². The van der Waals surface area contributed by atoms with Crippen LogP contribution in [0.4, 0.5) is 4.39 Å². The van der Waals surface area contributed by atoms with Gasteiger partial charge in [-0.15, -0.1) is 0 Å². The molecule has 0 aliphatic rings. The van der Waals surface area contributed by atoms with Crippen LogP contribution in [-0.4, -0.2) is 17.6 Å². The third-order valence-electron chi connectivity index (χ3n) is 2.51. The summed E-state index contributed by atoms with van der Waals surface area (Å²) in [6.07, 6.45) is 1.96. The largest absolute Gasteiger partial charge is 0.493 e. The smallest absolute Gasteiger partial charge is 0.173 e. The number of hydrogen-bond donors (Lipinski definition) is 2. The van der Waals surface area contributed by atoms with Gasteiger partial charge in [-0.2, -0.15) is 0 Å². The summed E-state index contributed by atoms with van der Waals surface area (Å²) in [4.78, 5) is 0. The molecule has 0 atom stereocenters. The molecule has 0 heterocycles. The average molecular weight is 254 g/mol. The maximum atomic E-state index is 13.1. The highest BCUT2D eigenvalue weighted by molar-refractivity contribution is 5.99. The molecule has 0 fully saturated rings. The normalized spacial score (nSPS) is 11.9. The molecule has 4 nitrogen and oxygen atoms in total. The van der Waals surface area contributed by atoms with E-state index < -0.39 is 5.82 Å². The highest BCUT2D eigenvalue weighted by atomic mass is 19.1. The van der Waals surface area contributed by atoms with Gasteiger partial charge in [-0.05, 0) is 37.0 Å². The first-order valence-electron chi connectivity index (χ1n) is 5.95. The molecule has 0 aromatic heterocycles. The Kier molecular flexibility index (Phi) is 5.42. The van der Waals surface area contributed by atoms with Gasteiger partial charge in [0.05, 0.1) is 12.2 Å². The van der Waals surface area contributed by atoms with Crippen LogP contribution in [0.25, 0.3) is 0 Å². The standard InChI is InChI=1S/C13H19FN2O2/c1-9(2)4-3-7-18-12-6-5-10(14)8-11(12)13(15)16-17/h5-6,8-9,17H,3-4,7H2,1-2H3,(H2,15,16). The first kappa shape index (κ1) is 14.3. The molecule has 1 aromatic carbocycles. The minimum Gasteiger partial charge on any atom is -0.493 e. The first-order chi connectivity index (χ1) is 8.54. The molecule has 0 aliphatic heterocycles. The minimum atomic E-state index is -0.453. The lowest BCUT2D eigenvalue weighted by molar-refractivity contribution is 0.295. The van der Waals surface area contributed by atoms with Gasteiger partial charge in [0.15, 0.2) is 5.84 Å². The molecule has 100 valence electrons. The maximum absolute atomic E-state index is 13.1. The Balaban J connectivity index is 2.70. The van der Waals surface area contributed by atoms with Crippen LogP contribution >= 0.6 is 0 Å². The van der Waals surface area contributed by atoms with E-state index in [0.717, 1.165) is 12.8 Å². The Bertz CT molecular complexity index is 419. The van der Waals surface area contributed by atoms with Crippen LogP contribution in [0.5, 0.6) is 5.75 Å². The van der Waals surface area contributed by atoms with Gasteiger partial charge in [-0.25, -0.2) is 4.39 Å². The van der Waals surface area contributed by atoms with Gasteiger partial charge in [0.2, 0.25) is 0 Å². The van der Waals surface area contributed by atoms with Gasteiger partial charge < -0.3 is 15.7 Å². The predicted molar refractivity (Wildman–Crippen MR) is 68.5 cm³/mol. The number of benzene rings is 1. The van der Waals surface area contributed by atoms with Crippen molar-refractivity contribution in [3.8, 4) is 5.75 Å². The zero-order valence-corrected chi connectivity index (χ0v) is 10.7. The van der Waals surface area contributed by atoms with E-state index in [1.54, 1.807) is 0 Å². The van der Waals surface area contributed by atoms with E-state index in [1.165, 1.54) is 18.2 Å². The van der Waals surface area contributed by atoms with Crippen molar-refractivity contribution in [2.75, 3.05) is 6.61 Å². The predicted octanol–water partition coefficient (Wildman–Crippen LogP) is 2.74. The summed E-state index contributed by atoms with van der Waals surface area (Å²) in [7, 11) is 0. The first-order valence-corrected chi connectivity index (χ1v) is 5.95. The zero-order chi connectivity index (χ0) is 13.5. The van der Waals surface area contributed by atoms with Crippen molar-refractivity contribution in [1.29, 1.82) is 0 Å². The van der Waals surface area contributed by atoms with Crippen LogP contribution in [0, 0.1) is 11.7 Å². The Labute approximate surface area is 106 Å². The van der Waals surface area contributed by atoms with Crippen LogP contribution in [0.15, 0.2) is 23.4 Å². The minimum absolute atomic E-state index is 0.159. The van der Waals surface area contributed by atoms with E-state index >= 15 is 0 Å². The summed E-state index contributed by atoms with van der Waals surface area (Å²) < 4.78 is 18.6. The quantitative estimate of drug-likeness (QED) is 0.270. The molecule has 18 heavy (non-hydrogen) atoms. The number of nitrogens with two attached hydrogens (primary N) is 1. The number of rotatable bonds is 6. The zero-order valence-electron chi connectivity index (χ0n) is 10.7. The number of halogens is 1. The van der Waals surface area contributed by atoms with Gasteiger partial charge in [0.25, 0.3) is 0 Å². The van der Waals surface area contributed by atoms with Crippen LogP contribution < -0.4 is 10.5 Å². The highest BCUT2D eigenvalue weighted by Crippen LogP contribution is 2.20. The molecule has 0 spiro atoms. The molecule has 0 saturated heterocycles. The topological polar surface area (TPSA) is 67.8 Å². The monoisotopic (exact) mass is 254 g/mol. The molecule has 5 heteroatoms. The second kappa shape index (κ2) is 6.83. The Morgan fingerprint density at radius 3 is 2.83 bits per heavy atom. The van der Waals surface area contributed by atoms with Gasteiger partial charge >= 0.3 is 0 Å². The molecule has 1 aromatic rings. The fourth-order valence-corrected chi connectivity index (χ4v) is 1.56. The molecule has 0 amide bonds. The molecule has 3 N–H and O–H groups in total. The van der Waals surface area contributed by atoms with Gasteiger partial charge in [-0.3, -0.25) is 0 Å². The molecule has 0 aliphatic carbocycles. The summed E-state index contributed by atoms with van der Waals surface area (Å²) in [5.74, 6) is 0.431. The van der Waals surface area contributed by atoms with Crippen molar-refractivity contribution in [2.45, 2.75) is 26.7 Å². The van der Waals surface area contributed by atoms with Crippen LogP contribution in [-0.2, 0) is 0 Å². The molecule has 0 saturated carbocycles. The molecule has 1 rings (SSSR count). The Morgan fingerprint density at radius 2 is 2.22 bits per heavy atom. The third kappa shape index (κ3) is 4.24. The van der Waals surface area contributed by atoms with E-state index in [4.69, 9.17) is 15.7 Å². The van der Waals surface area contributed by atoms with Crippen molar-refractivity contribution in [2.24, 2.45) is 16.8 Å². The van der Waals surface area contributed by atoms with E-state index in [-0.39, 0.29) is 11.4 Å². The lowest BCUT2D eigenvalue weighted by Gasteiger charge is -2.11. The van der Waals surface area contributed by atoms with E-state index in [2.05, 4.69) is 19.0 Å². The maximum Gasteiger partial charge on any atom is 0.173 e. The van der Waals surface area contributed by atoms with E-state index in [1.807, 2.05) is 0 Å². The van der Waals surface area contributed by atoms with Crippen molar-refractivity contribution >= 4 is 5.84 Å². The number of amidine groups is 1. The number of ether oxygens (including phenoxy) is 1. The van der Waals surface area contributed by atoms with E-state index in [0.29, 0.717) is 18.3 Å². The van der Waals surface area contributed by atoms with Crippen LogP contribution in [0.1, 0.15) is 32.3 Å².